The van der Waals surface area contributed by atoms with Crippen molar-refractivity contribution in [3.8, 4) is 0 Å². The maximum absolute atomic E-state index is 12.0. The molecule has 8 heteroatoms. The first-order valence-electron chi connectivity index (χ1n) is 7.37. The molecule has 0 saturated carbocycles. The maximum Gasteiger partial charge on any atom is 0.338 e. The fourth-order valence-electron chi connectivity index (χ4n) is 2.14. The minimum Gasteiger partial charge on any atom is -0.452 e. The van der Waals surface area contributed by atoms with Crippen LogP contribution in [0.2, 0.25) is 0 Å². The van der Waals surface area contributed by atoms with Crippen LogP contribution in [0.5, 0.6) is 0 Å². The average Bonchev–Trinajstić information content (AvgIpc) is 2.87. The molecule has 0 spiro atoms. The molecule has 1 aromatic rings. The lowest BCUT2D eigenvalue weighted by molar-refractivity contribution is -0.126. The number of ether oxygens (including phenoxy) is 1. The number of hydrogen-bond donors (Lipinski definition) is 1. The predicted octanol–water partition coefficient (Wildman–Crippen LogP) is 1.27. The van der Waals surface area contributed by atoms with Gasteiger partial charge in [0.25, 0.3) is 11.1 Å². The predicted molar refractivity (Wildman–Crippen MR) is 88.8 cm³/mol. The highest BCUT2D eigenvalue weighted by Gasteiger charge is 2.29. The van der Waals surface area contributed by atoms with Crippen LogP contribution < -0.4 is 5.32 Å². The molecule has 0 aliphatic carbocycles. The van der Waals surface area contributed by atoms with Crippen molar-refractivity contribution in [3.05, 3.63) is 34.9 Å². The molecular formula is C16H18N2O5S. The third-order valence-corrected chi connectivity index (χ3v) is 4.52. The summed E-state index contributed by atoms with van der Waals surface area (Å²) in [4.78, 5) is 47.5. The maximum atomic E-state index is 12.0. The van der Waals surface area contributed by atoms with Crippen LogP contribution >= 0.6 is 11.8 Å². The van der Waals surface area contributed by atoms with E-state index in [4.69, 9.17) is 4.74 Å². The molecule has 3 amide bonds. The van der Waals surface area contributed by atoms with E-state index in [0.29, 0.717) is 5.56 Å². The number of carbonyl (C=O) groups excluding carboxylic acids is 4. The SMILES string of the molecule is Cc1cccc(C(=O)OCC(=O)NCCN2C(=O)CSC2=O)c1C. The third-order valence-electron chi connectivity index (χ3n) is 3.66. The van der Waals surface area contributed by atoms with Crippen LogP contribution in [-0.2, 0) is 14.3 Å². The standard InChI is InChI=1S/C16H18N2O5S/c1-10-4-3-5-12(11(10)2)15(21)23-8-13(19)17-6-7-18-14(20)9-24-16(18)22/h3-5H,6-9H2,1-2H3,(H,17,19). The number of nitrogens with one attached hydrogen (secondary N) is 1. The molecular weight excluding hydrogens is 332 g/mol. The van der Waals surface area contributed by atoms with Gasteiger partial charge in [0.2, 0.25) is 5.91 Å². The highest BCUT2D eigenvalue weighted by Crippen LogP contribution is 2.17. The van der Waals surface area contributed by atoms with Gasteiger partial charge in [-0.15, -0.1) is 0 Å². The number of thioether (sulfide) groups is 1. The molecule has 0 unspecified atom stereocenters. The number of aryl methyl sites for hydroxylation is 1. The Bertz CT molecular complexity index is 673. The molecule has 128 valence electrons. The van der Waals surface area contributed by atoms with Crippen LogP contribution in [0.4, 0.5) is 4.79 Å². The molecule has 1 heterocycles. The van der Waals surface area contributed by atoms with E-state index in [9.17, 15) is 19.2 Å². The zero-order valence-corrected chi connectivity index (χ0v) is 14.3. The Balaban J connectivity index is 1.75. The topological polar surface area (TPSA) is 92.8 Å². The Morgan fingerprint density at radius 2 is 2.04 bits per heavy atom. The van der Waals surface area contributed by atoms with Crippen LogP contribution in [0.25, 0.3) is 0 Å². The average molecular weight is 350 g/mol. The molecule has 0 aromatic heterocycles. The quantitative estimate of drug-likeness (QED) is 0.777. The van der Waals surface area contributed by atoms with Crippen molar-refractivity contribution in [2.45, 2.75) is 13.8 Å². The van der Waals surface area contributed by atoms with Crippen LogP contribution in [0.3, 0.4) is 0 Å². The van der Waals surface area contributed by atoms with Gasteiger partial charge >= 0.3 is 5.97 Å². The molecule has 7 nitrogen and oxygen atoms in total. The number of rotatable bonds is 6. The van der Waals surface area contributed by atoms with E-state index in [0.717, 1.165) is 27.8 Å². The van der Waals surface area contributed by atoms with Gasteiger partial charge in [0.05, 0.1) is 11.3 Å². The molecule has 1 aromatic carbocycles. The van der Waals surface area contributed by atoms with Crippen LogP contribution in [0.15, 0.2) is 18.2 Å². The first-order chi connectivity index (χ1) is 11.4. The van der Waals surface area contributed by atoms with E-state index in [2.05, 4.69) is 5.32 Å². The minimum atomic E-state index is -0.562. The second kappa shape index (κ2) is 7.96. The lowest BCUT2D eigenvalue weighted by Crippen LogP contribution is -2.38. The summed E-state index contributed by atoms with van der Waals surface area (Å²) >= 11 is 0.942. The highest BCUT2D eigenvalue weighted by molar-refractivity contribution is 8.14. The number of carbonyl (C=O) groups is 4. The second-order valence-electron chi connectivity index (χ2n) is 5.27. The minimum absolute atomic E-state index is 0.112. The molecule has 1 saturated heterocycles. The van der Waals surface area contributed by atoms with Crippen molar-refractivity contribution >= 4 is 34.8 Å². The Morgan fingerprint density at radius 3 is 2.71 bits per heavy atom. The summed E-state index contributed by atoms with van der Waals surface area (Å²) in [5.74, 6) is -1.17. The van der Waals surface area contributed by atoms with E-state index in [1.165, 1.54) is 0 Å². The molecule has 0 radical (unpaired) electrons. The largest absolute Gasteiger partial charge is 0.452 e. The molecule has 24 heavy (non-hydrogen) atoms. The molecule has 1 aliphatic rings. The van der Waals surface area contributed by atoms with E-state index in [1.54, 1.807) is 12.1 Å². The van der Waals surface area contributed by atoms with Gasteiger partial charge < -0.3 is 10.1 Å². The zero-order chi connectivity index (χ0) is 17.7. The summed E-state index contributed by atoms with van der Waals surface area (Å²) in [5, 5.41) is 2.20. The van der Waals surface area contributed by atoms with Crippen LogP contribution in [0, 0.1) is 13.8 Å². The van der Waals surface area contributed by atoms with Gasteiger partial charge in [0, 0.05) is 13.1 Å². The van der Waals surface area contributed by atoms with Gasteiger partial charge in [0.1, 0.15) is 0 Å². The number of imide groups is 1. The highest BCUT2D eigenvalue weighted by atomic mass is 32.2. The number of benzene rings is 1. The van der Waals surface area contributed by atoms with E-state index in [1.807, 2.05) is 19.9 Å². The number of hydrogen-bond acceptors (Lipinski definition) is 6. The normalized spacial score (nSPS) is 14.0. The summed E-state index contributed by atoms with van der Waals surface area (Å²) in [6, 6.07) is 5.28. The van der Waals surface area contributed by atoms with Gasteiger partial charge in [-0.25, -0.2) is 4.79 Å². The summed E-state index contributed by atoms with van der Waals surface area (Å²) in [7, 11) is 0. The van der Waals surface area contributed by atoms with E-state index < -0.39 is 18.5 Å². The molecule has 1 N–H and O–H groups in total. The zero-order valence-electron chi connectivity index (χ0n) is 13.5. The molecule has 0 atom stereocenters. The fourth-order valence-corrected chi connectivity index (χ4v) is 2.89. The van der Waals surface area contributed by atoms with Crippen molar-refractivity contribution in [2.75, 3.05) is 25.4 Å². The van der Waals surface area contributed by atoms with Crippen LogP contribution in [-0.4, -0.2) is 53.4 Å². The summed E-state index contributed by atoms with van der Waals surface area (Å²) in [6.45, 7) is 3.52. The Morgan fingerprint density at radius 1 is 1.29 bits per heavy atom. The first-order valence-corrected chi connectivity index (χ1v) is 8.36. The lowest BCUT2D eigenvalue weighted by Gasteiger charge is -2.13. The number of nitrogens with zero attached hydrogens (tertiary/aromatic N) is 1. The van der Waals surface area contributed by atoms with Gasteiger partial charge in [-0.05, 0) is 31.0 Å². The van der Waals surface area contributed by atoms with E-state index in [-0.39, 0.29) is 30.0 Å². The van der Waals surface area contributed by atoms with Crippen molar-refractivity contribution < 1.29 is 23.9 Å². The Kier molecular flexibility index (Phi) is 5.97. The smallest absolute Gasteiger partial charge is 0.338 e. The Labute approximate surface area is 143 Å². The summed E-state index contributed by atoms with van der Waals surface area (Å²) < 4.78 is 4.99. The number of esters is 1. The molecule has 0 bridgehead atoms. The van der Waals surface area contributed by atoms with Crippen LogP contribution in [0.1, 0.15) is 21.5 Å². The van der Waals surface area contributed by atoms with Crippen molar-refractivity contribution in [1.82, 2.24) is 10.2 Å². The third kappa shape index (κ3) is 4.35. The van der Waals surface area contributed by atoms with E-state index >= 15 is 0 Å². The van der Waals surface area contributed by atoms with Gasteiger partial charge in [-0.1, -0.05) is 23.9 Å². The van der Waals surface area contributed by atoms with Crippen molar-refractivity contribution in [2.24, 2.45) is 0 Å². The van der Waals surface area contributed by atoms with Gasteiger partial charge in [-0.2, -0.15) is 0 Å². The van der Waals surface area contributed by atoms with Crippen molar-refractivity contribution in [1.29, 1.82) is 0 Å². The summed E-state index contributed by atoms with van der Waals surface area (Å²) in [6.07, 6.45) is 0. The van der Waals surface area contributed by atoms with Gasteiger partial charge in [-0.3, -0.25) is 19.3 Å². The first kappa shape index (κ1) is 18.0. The monoisotopic (exact) mass is 350 g/mol. The molecule has 1 fully saturated rings. The fraction of sp³-hybridized carbons (Fsp3) is 0.375. The van der Waals surface area contributed by atoms with Crippen molar-refractivity contribution in [3.63, 3.8) is 0 Å². The van der Waals surface area contributed by atoms with Gasteiger partial charge in [0.15, 0.2) is 6.61 Å². The Hall–Kier alpha value is -2.35. The lowest BCUT2D eigenvalue weighted by atomic mass is 10.0. The summed E-state index contributed by atoms with van der Waals surface area (Å²) in [5.41, 5.74) is 2.20. The number of amides is 3. The second-order valence-corrected chi connectivity index (χ2v) is 6.20. The molecule has 2 rings (SSSR count). The molecule has 1 aliphatic heterocycles.